The van der Waals surface area contributed by atoms with Crippen LogP contribution < -0.4 is 5.56 Å². The zero-order valence-corrected chi connectivity index (χ0v) is 9.50. The number of aromatic nitrogens is 2. The first-order valence-corrected chi connectivity index (χ1v) is 6.02. The van der Waals surface area contributed by atoms with Crippen LogP contribution in [0.1, 0.15) is 17.5 Å². The molecular formula is C10H8N2OS2. The second kappa shape index (κ2) is 3.21. The van der Waals surface area contributed by atoms with Crippen molar-refractivity contribution in [3.63, 3.8) is 0 Å². The number of fused-ring (bicyclic) bond motifs is 3. The minimum Gasteiger partial charge on any atom is -0.313 e. The lowest BCUT2D eigenvalue weighted by Crippen LogP contribution is -2.08. The van der Waals surface area contributed by atoms with Crippen LogP contribution in [0.2, 0.25) is 0 Å². The van der Waals surface area contributed by atoms with Gasteiger partial charge in [0.1, 0.15) is 4.83 Å². The Hall–Kier alpha value is -1.07. The quantitative estimate of drug-likeness (QED) is 0.713. The third kappa shape index (κ3) is 1.27. The fraction of sp³-hybridized carbons (Fsp3) is 0.300. The van der Waals surface area contributed by atoms with Gasteiger partial charge in [-0.15, -0.1) is 11.3 Å². The van der Waals surface area contributed by atoms with Gasteiger partial charge in [-0.05, 0) is 30.4 Å². The number of nitrogens with zero attached hydrogens (tertiary/aromatic N) is 1. The van der Waals surface area contributed by atoms with Gasteiger partial charge in [-0.3, -0.25) is 4.79 Å². The van der Waals surface area contributed by atoms with Gasteiger partial charge in [0, 0.05) is 0 Å². The maximum Gasteiger partial charge on any atom is 0.259 e. The molecular weight excluding hydrogens is 228 g/mol. The summed E-state index contributed by atoms with van der Waals surface area (Å²) in [7, 11) is 0. The molecule has 0 atom stereocenters. The van der Waals surface area contributed by atoms with Gasteiger partial charge in [-0.2, -0.15) is 0 Å². The SMILES string of the molecule is O=c1[nH]cnc2sc(=S)c3c(c12)CCC3. The number of H-pyrrole nitrogens is 1. The molecule has 0 saturated carbocycles. The van der Waals surface area contributed by atoms with E-state index >= 15 is 0 Å². The van der Waals surface area contributed by atoms with Crippen molar-refractivity contribution in [1.82, 2.24) is 9.97 Å². The zero-order chi connectivity index (χ0) is 10.4. The van der Waals surface area contributed by atoms with Crippen LogP contribution in [-0.2, 0) is 12.8 Å². The van der Waals surface area contributed by atoms with Crippen molar-refractivity contribution in [1.29, 1.82) is 0 Å². The van der Waals surface area contributed by atoms with Crippen LogP contribution in [0.4, 0.5) is 0 Å². The van der Waals surface area contributed by atoms with Crippen molar-refractivity contribution in [2.45, 2.75) is 19.3 Å². The molecule has 3 rings (SSSR count). The van der Waals surface area contributed by atoms with Crippen LogP contribution in [-0.4, -0.2) is 9.97 Å². The summed E-state index contributed by atoms with van der Waals surface area (Å²) >= 11 is 6.76. The Balaban J connectivity index is 2.61. The number of hydrogen-bond donors (Lipinski definition) is 1. The van der Waals surface area contributed by atoms with Gasteiger partial charge in [-0.1, -0.05) is 12.2 Å². The maximum absolute atomic E-state index is 11.7. The van der Waals surface area contributed by atoms with Gasteiger partial charge in [0.25, 0.3) is 5.56 Å². The van der Waals surface area contributed by atoms with Gasteiger partial charge in [0.15, 0.2) is 0 Å². The lowest BCUT2D eigenvalue weighted by molar-refractivity contribution is 0.912. The van der Waals surface area contributed by atoms with Gasteiger partial charge in [-0.25, -0.2) is 4.98 Å². The Morgan fingerprint density at radius 3 is 3.07 bits per heavy atom. The molecule has 0 bridgehead atoms. The summed E-state index contributed by atoms with van der Waals surface area (Å²) in [6.07, 6.45) is 4.50. The van der Waals surface area contributed by atoms with E-state index in [-0.39, 0.29) is 5.56 Å². The van der Waals surface area contributed by atoms with E-state index in [4.69, 9.17) is 12.2 Å². The van der Waals surface area contributed by atoms with Crippen molar-refractivity contribution in [3.05, 3.63) is 31.6 Å². The first-order chi connectivity index (χ1) is 7.27. The van der Waals surface area contributed by atoms with Crippen LogP contribution in [0, 0.1) is 3.82 Å². The number of aryl methyl sites for hydroxylation is 1. The zero-order valence-electron chi connectivity index (χ0n) is 7.87. The van der Waals surface area contributed by atoms with Crippen LogP contribution in [0.25, 0.3) is 10.2 Å². The minimum absolute atomic E-state index is 0.0376. The Kier molecular flexibility index (Phi) is 1.97. The molecule has 2 aromatic rings. The molecule has 2 aromatic heterocycles. The van der Waals surface area contributed by atoms with E-state index in [2.05, 4.69) is 9.97 Å². The molecule has 0 amide bonds. The molecule has 0 aliphatic heterocycles. The normalized spacial score (nSPS) is 14.4. The van der Waals surface area contributed by atoms with Crippen molar-refractivity contribution < 1.29 is 0 Å². The molecule has 0 aromatic carbocycles. The predicted molar refractivity (Wildman–Crippen MR) is 63.1 cm³/mol. The summed E-state index contributed by atoms with van der Waals surface area (Å²) < 4.78 is 0.896. The molecule has 0 unspecified atom stereocenters. The summed E-state index contributed by atoms with van der Waals surface area (Å²) in [4.78, 5) is 19.3. The molecule has 1 N–H and O–H groups in total. The molecule has 76 valence electrons. The van der Waals surface area contributed by atoms with Gasteiger partial charge >= 0.3 is 0 Å². The summed E-state index contributed by atoms with van der Waals surface area (Å²) in [6.45, 7) is 0. The van der Waals surface area contributed by atoms with Crippen LogP contribution in [0.5, 0.6) is 0 Å². The highest BCUT2D eigenvalue weighted by molar-refractivity contribution is 7.73. The van der Waals surface area contributed by atoms with Crippen molar-refractivity contribution in [2.75, 3.05) is 0 Å². The fourth-order valence-corrected chi connectivity index (χ4v) is 3.53. The molecule has 3 nitrogen and oxygen atoms in total. The first-order valence-electron chi connectivity index (χ1n) is 4.79. The van der Waals surface area contributed by atoms with Crippen molar-refractivity contribution >= 4 is 33.8 Å². The second-order valence-corrected chi connectivity index (χ2v) is 5.28. The second-order valence-electron chi connectivity index (χ2n) is 3.61. The van der Waals surface area contributed by atoms with E-state index in [9.17, 15) is 4.79 Å². The van der Waals surface area contributed by atoms with E-state index in [1.807, 2.05) is 0 Å². The van der Waals surface area contributed by atoms with E-state index in [1.54, 1.807) is 0 Å². The van der Waals surface area contributed by atoms with Crippen LogP contribution >= 0.6 is 23.6 Å². The summed E-state index contributed by atoms with van der Waals surface area (Å²) in [5.41, 5.74) is 2.29. The predicted octanol–water partition coefficient (Wildman–Crippen LogP) is 2.20. The third-order valence-electron chi connectivity index (χ3n) is 2.77. The van der Waals surface area contributed by atoms with Crippen molar-refractivity contribution in [2.24, 2.45) is 0 Å². The third-order valence-corrected chi connectivity index (χ3v) is 4.20. The molecule has 0 fully saturated rings. The lowest BCUT2D eigenvalue weighted by atomic mass is 10.1. The number of aromatic amines is 1. The summed E-state index contributed by atoms with van der Waals surface area (Å²) in [5.74, 6) is 0. The molecule has 5 heteroatoms. The number of rotatable bonds is 0. The molecule has 15 heavy (non-hydrogen) atoms. The maximum atomic E-state index is 11.7. The van der Waals surface area contributed by atoms with E-state index in [1.165, 1.54) is 23.2 Å². The fourth-order valence-electron chi connectivity index (χ4n) is 2.12. The summed E-state index contributed by atoms with van der Waals surface area (Å²) in [5, 5.41) is 0.753. The number of hydrogen-bond acceptors (Lipinski definition) is 4. The van der Waals surface area contributed by atoms with Crippen LogP contribution in [0.3, 0.4) is 0 Å². The molecule has 0 saturated heterocycles. The topological polar surface area (TPSA) is 45.8 Å². The van der Waals surface area contributed by atoms with E-state index in [0.717, 1.165) is 38.9 Å². The monoisotopic (exact) mass is 236 g/mol. The van der Waals surface area contributed by atoms with Crippen molar-refractivity contribution in [3.8, 4) is 0 Å². The van der Waals surface area contributed by atoms with Gasteiger partial charge in [0.05, 0.1) is 15.5 Å². The highest BCUT2D eigenvalue weighted by Crippen LogP contribution is 2.30. The highest BCUT2D eigenvalue weighted by atomic mass is 32.1. The Bertz CT molecular complexity index is 657. The smallest absolute Gasteiger partial charge is 0.259 e. The standard InChI is InChI=1S/C10H8N2OS2/c13-8-7-5-2-1-3-6(5)10(14)15-9(7)12-4-11-8/h4H,1-3H2,(H,11,12,13). The molecule has 0 spiro atoms. The van der Waals surface area contributed by atoms with Gasteiger partial charge in [0.2, 0.25) is 0 Å². The molecule has 1 aliphatic rings. The lowest BCUT2D eigenvalue weighted by Gasteiger charge is -2.02. The van der Waals surface area contributed by atoms with Crippen LogP contribution in [0.15, 0.2) is 11.1 Å². The molecule has 0 radical (unpaired) electrons. The average Bonchev–Trinajstić information content (AvgIpc) is 2.66. The number of nitrogens with one attached hydrogen (secondary N) is 1. The Labute approximate surface area is 94.8 Å². The molecule has 2 heterocycles. The van der Waals surface area contributed by atoms with Gasteiger partial charge < -0.3 is 4.98 Å². The highest BCUT2D eigenvalue weighted by Gasteiger charge is 2.18. The molecule has 1 aliphatic carbocycles. The minimum atomic E-state index is -0.0376. The average molecular weight is 236 g/mol. The van der Waals surface area contributed by atoms with E-state index in [0.29, 0.717) is 0 Å². The first kappa shape index (κ1) is 9.18. The Morgan fingerprint density at radius 2 is 2.20 bits per heavy atom. The largest absolute Gasteiger partial charge is 0.313 e. The Morgan fingerprint density at radius 1 is 1.40 bits per heavy atom. The summed E-state index contributed by atoms with van der Waals surface area (Å²) in [6, 6.07) is 0. The van der Waals surface area contributed by atoms with E-state index < -0.39 is 0 Å².